The first-order valence-corrected chi connectivity index (χ1v) is 9.24. The fourth-order valence-electron chi connectivity index (χ4n) is 2.59. The van der Waals surface area contributed by atoms with Crippen LogP contribution in [0.2, 0.25) is 0 Å². The van der Waals surface area contributed by atoms with Crippen molar-refractivity contribution in [3.8, 4) is 0 Å². The molecular formula is C15H17NO3S2. The first-order chi connectivity index (χ1) is 10.1. The van der Waals surface area contributed by atoms with Crippen molar-refractivity contribution in [2.45, 2.75) is 30.1 Å². The van der Waals surface area contributed by atoms with Gasteiger partial charge in [0.2, 0.25) is 0 Å². The van der Waals surface area contributed by atoms with Gasteiger partial charge in [0.15, 0.2) is 0 Å². The normalized spacial score (nSPS) is 15.6. The van der Waals surface area contributed by atoms with E-state index in [-0.39, 0.29) is 6.61 Å². The number of rotatable bonds is 3. The number of thiophene rings is 1. The van der Waals surface area contributed by atoms with Crippen molar-refractivity contribution in [3.05, 3.63) is 46.8 Å². The van der Waals surface area contributed by atoms with E-state index in [9.17, 15) is 8.42 Å². The zero-order chi connectivity index (χ0) is 14.9. The molecule has 1 aromatic heterocycles. The first-order valence-electron chi connectivity index (χ1n) is 6.92. The van der Waals surface area contributed by atoms with Gasteiger partial charge in [-0.3, -0.25) is 4.31 Å². The monoisotopic (exact) mass is 323 g/mol. The van der Waals surface area contributed by atoms with Crippen LogP contribution in [0.3, 0.4) is 0 Å². The number of hydrogen-bond acceptors (Lipinski definition) is 4. The van der Waals surface area contributed by atoms with Gasteiger partial charge in [-0.2, -0.15) is 0 Å². The van der Waals surface area contributed by atoms with E-state index in [1.165, 1.54) is 15.6 Å². The zero-order valence-electron chi connectivity index (χ0n) is 11.5. The van der Waals surface area contributed by atoms with Crippen LogP contribution in [-0.2, 0) is 23.1 Å². The number of nitrogens with zero attached hydrogens (tertiary/aromatic N) is 1. The Morgan fingerprint density at radius 3 is 2.81 bits per heavy atom. The molecule has 0 amide bonds. The maximum Gasteiger partial charge on any atom is 0.273 e. The largest absolute Gasteiger partial charge is 0.392 e. The Bertz CT molecular complexity index is 737. The molecule has 21 heavy (non-hydrogen) atoms. The molecule has 0 saturated carbocycles. The van der Waals surface area contributed by atoms with E-state index in [1.54, 1.807) is 11.4 Å². The Hall–Kier alpha value is -1.37. The van der Waals surface area contributed by atoms with Gasteiger partial charge in [-0.05, 0) is 47.9 Å². The van der Waals surface area contributed by atoms with Crippen LogP contribution in [0.5, 0.6) is 0 Å². The highest BCUT2D eigenvalue weighted by Gasteiger charge is 2.29. The molecule has 0 spiro atoms. The average molecular weight is 323 g/mol. The summed E-state index contributed by atoms with van der Waals surface area (Å²) in [6.07, 6.45) is 2.76. The number of anilines is 1. The highest BCUT2D eigenvalue weighted by atomic mass is 32.2. The van der Waals surface area contributed by atoms with Crippen molar-refractivity contribution < 1.29 is 13.5 Å². The van der Waals surface area contributed by atoms with Crippen molar-refractivity contribution in [2.24, 2.45) is 0 Å². The van der Waals surface area contributed by atoms with E-state index in [2.05, 4.69) is 0 Å². The molecule has 2 aromatic rings. The van der Waals surface area contributed by atoms with Crippen LogP contribution >= 0.6 is 11.3 Å². The average Bonchev–Trinajstić information content (AvgIpc) is 2.87. The lowest BCUT2D eigenvalue weighted by molar-refractivity contribution is 0.282. The second kappa shape index (κ2) is 5.79. The van der Waals surface area contributed by atoms with Gasteiger partial charge >= 0.3 is 0 Å². The van der Waals surface area contributed by atoms with E-state index in [0.29, 0.717) is 16.3 Å². The molecule has 1 N–H and O–H groups in total. The molecule has 0 unspecified atom stereocenters. The van der Waals surface area contributed by atoms with Gasteiger partial charge in [0.25, 0.3) is 10.0 Å². The highest BCUT2D eigenvalue weighted by Crippen LogP contribution is 2.33. The molecule has 3 rings (SSSR count). The Morgan fingerprint density at radius 2 is 2.05 bits per heavy atom. The molecule has 0 fully saturated rings. The van der Waals surface area contributed by atoms with Crippen molar-refractivity contribution in [3.63, 3.8) is 0 Å². The molecule has 6 heteroatoms. The Morgan fingerprint density at radius 1 is 1.24 bits per heavy atom. The van der Waals surface area contributed by atoms with E-state index < -0.39 is 10.0 Å². The summed E-state index contributed by atoms with van der Waals surface area (Å²) in [5.41, 5.74) is 2.51. The molecule has 0 radical (unpaired) electrons. The molecule has 0 atom stereocenters. The summed E-state index contributed by atoms with van der Waals surface area (Å²) in [6.45, 7) is 0.369. The maximum absolute atomic E-state index is 12.9. The van der Waals surface area contributed by atoms with Gasteiger partial charge in [-0.1, -0.05) is 18.2 Å². The lowest BCUT2D eigenvalue weighted by atomic mass is 10.1. The fourth-order valence-corrected chi connectivity index (χ4v) is 5.44. The van der Waals surface area contributed by atoms with Crippen LogP contribution < -0.4 is 4.31 Å². The Labute approximate surface area is 128 Å². The molecule has 4 nitrogen and oxygen atoms in total. The van der Waals surface area contributed by atoms with Crippen molar-refractivity contribution in [1.82, 2.24) is 0 Å². The first kappa shape index (κ1) is 14.6. The fraction of sp³-hybridized carbons (Fsp3) is 0.333. The number of fused-ring (bicyclic) bond motifs is 1. The number of aryl methyl sites for hydroxylation is 1. The molecule has 2 heterocycles. The van der Waals surface area contributed by atoms with Crippen LogP contribution in [0.25, 0.3) is 0 Å². The second-order valence-electron chi connectivity index (χ2n) is 5.10. The molecular weight excluding hydrogens is 306 g/mol. The third-order valence-corrected chi connectivity index (χ3v) is 6.95. The minimum atomic E-state index is -3.55. The number of para-hydroxylation sites is 1. The predicted molar refractivity (Wildman–Crippen MR) is 84.2 cm³/mol. The van der Waals surface area contributed by atoms with Gasteiger partial charge in [0, 0.05) is 6.54 Å². The summed E-state index contributed by atoms with van der Waals surface area (Å²) in [7, 11) is -3.55. The summed E-state index contributed by atoms with van der Waals surface area (Å²) in [5, 5.41) is 10.8. The third kappa shape index (κ3) is 2.71. The van der Waals surface area contributed by atoms with Crippen molar-refractivity contribution >= 4 is 27.0 Å². The summed E-state index contributed by atoms with van der Waals surface area (Å²) >= 11 is 1.17. The van der Waals surface area contributed by atoms with Crippen LogP contribution in [0.4, 0.5) is 5.69 Å². The number of sulfonamides is 1. The lowest BCUT2D eigenvalue weighted by Crippen LogP contribution is -2.31. The van der Waals surface area contributed by atoms with Crippen LogP contribution in [0.15, 0.2) is 39.9 Å². The Kier molecular flexibility index (Phi) is 4.01. The van der Waals surface area contributed by atoms with E-state index in [0.717, 1.165) is 30.5 Å². The molecule has 112 valence electrons. The topological polar surface area (TPSA) is 57.6 Å². The SMILES string of the molecule is O=S(=O)(c1cc(CO)cs1)N1CCCCc2ccccc21. The van der Waals surface area contributed by atoms with Crippen LogP contribution in [-0.4, -0.2) is 20.1 Å². The smallest absolute Gasteiger partial charge is 0.273 e. The minimum Gasteiger partial charge on any atom is -0.392 e. The molecule has 1 aromatic carbocycles. The number of aliphatic hydroxyl groups is 1. The minimum absolute atomic E-state index is 0.136. The molecule has 0 aliphatic carbocycles. The van der Waals surface area contributed by atoms with Crippen molar-refractivity contribution in [1.29, 1.82) is 0 Å². The van der Waals surface area contributed by atoms with Gasteiger partial charge in [0.1, 0.15) is 4.21 Å². The van der Waals surface area contributed by atoms with Gasteiger partial charge in [-0.25, -0.2) is 8.42 Å². The van der Waals surface area contributed by atoms with Gasteiger partial charge in [-0.15, -0.1) is 11.3 Å². The summed E-state index contributed by atoms with van der Waals surface area (Å²) in [4.78, 5) is 0. The lowest BCUT2D eigenvalue weighted by Gasteiger charge is -2.23. The number of benzene rings is 1. The van der Waals surface area contributed by atoms with E-state index in [1.807, 2.05) is 24.3 Å². The van der Waals surface area contributed by atoms with Crippen LogP contribution in [0.1, 0.15) is 24.0 Å². The van der Waals surface area contributed by atoms with Crippen molar-refractivity contribution in [2.75, 3.05) is 10.8 Å². The standard InChI is InChI=1S/C15H17NO3S2/c17-10-12-9-15(20-11-12)21(18,19)16-8-4-3-6-13-5-1-2-7-14(13)16/h1-2,5,7,9,11,17H,3-4,6,8,10H2. The quantitative estimate of drug-likeness (QED) is 0.945. The van der Waals surface area contributed by atoms with Crippen LogP contribution in [0, 0.1) is 0 Å². The molecule has 1 aliphatic heterocycles. The predicted octanol–water partition coefficient (Wildman–Crippen LogP) is 2.77. The summed E-state index contributed by atoms with van der Waals surface area (Å²) in [5.74, 6) is 0. The van der Waals surface area contributed by atoms with E-state index >= 15 is 0 Å². The van der Waals surface area contributed by atoms with E-state index in [4.69, 9.17) is 5.11 Å². The second-order valence-corrected chi connectivity index (χ2v) is 8.10. The zero-order valence-corrected chi connectivity index (χ0v) is 13.2. The van der Waals surface area contributed by atoms with Gasteiger partial charge < -0.3 is 5.11 Å². The molecule has 1 aliphatic rings. The summed E-state index contributed by atoms with van der Waals surface area (Å²) < 4.78 is 27.6. The summed E-state index contributed by atoms with van der Waals surface area (Å²) in [6, 6.07) is 9.26. The molecule has 0 saturated heterocycles. The Balaban J connectivity index is 2.06. The third-order valence-electron chi connectivity index (χ3n) is 3.67. The number of aliphatic hydroxyl groups excluding tert-OH is 1. The van der Waals surface area contributed by atoms with Gasteiger partial charge in [0.05, 0.1) is 12.3 Å². The number of hydrogen-bond donors (Lipinski definition) is 1. The highest BCUT2D eigenvalue weighted by molar-refractivity contribution is 7.94. The maximum atomic E-state index is 12.9. The molecule has 0 bridgehead atoms.